The topological polar surface area (TPSA) is 83.8 Å². The van der Waals surface area contributed by atoms with Gasteiger partial charge in [0.25, 0.3) is 0 Å². The van der Waals surface area contributed by atoms with E-state index in [0.717, 1.165) is 23.7 Å². The minimum atomic E-state index is -0.722. The average Bonchev–Trinajstić information content (AvgIpc) is 2.69. The van der Waals surface area contributed by atoms with Crippen LogP contribution in [0.15, 0.2) is 23.8 Å². The minimum Gasteiger partial charge on any atom is -0.481 e. The summed E-state index contributed by atoms with van der Waals surface area (Å²) in [6, 6.07) is 0. The lowest BCUT2D eigenvalue weighted by molar-refractivity contribution is -0.151. The first-order valence-corrected chi connectivity index (χ1v) is 11.5. The molecule has 0 saturated carbocycles. The Labute approximate surface area is 182 Å². The van der Waals surface area contributed by atoms with Gasteiger partial charge in [0.1, 0.15) is 0 Å². The van der Waals surface area contributed by atoms with Crippen LogP contribution in [-0.4, -0.2) is 34.9 Å². The predicted molar refractivity (Wildman–Crippen MR) is 120 cm³/mol. The molecule has 5 heteroatoms. The molecule has 30 heavy (non-hydrogen) atoms. The Bertz CT molecular complexity index is 619. The zero-order chi connectivity index (χ0) is 22.9. The van der Waals surface area contributed by atoms with Crippen molar-refractivity contribution in [3.8, 4) is 0 Å². The highest BCUT2D eigenvalue weighted by atomic mass is 16.5. The molecule has 1 fully saturated rings. The highest BCUT2D eigenvalue weighted by Crippen LogP contribution is 2.42. The van der Waals surface area contributed by atoms with E-state index in [1.165, 1.54) is 19.3 Å². The highest BCUT2D eigenvalue weighted by molar-refractivity contribution is 5.73. The molecule has 3 rings (SSSR count). The number of aliphatic hydroxyl groups is 1. The van der Waals surface area contributed by atoms with Crippen molar-refractivity contribution in [2.45, 2.75) is 86.2 Å². The molecule has 2 aliphatic carbocycles. The Hall–Kier alpha value is -1.62. The summed E-state index contributed by atoms with van der Waals surface area (Å²) < 4.78 is 4.55. The van der Waals surface area contributed by atoms with E-state index in [-0.39, 0.29) is 12.4 Å². The number of aliphatic hydroxyl groups excluding tert-OH is 1. The van der Waals surface area contributed by atoms with E-state index in [1.807, 2.05) is 6.92 Å². The van der Waals surface area contributed by atoms with Gasteiger partial charge in [-0.1, -0.05) is 52.3 Å². The molecule has 1 saturated heterocycles. The Balaban J connectivity index is 0.000000243. The molecule has 5 atom stereocenters. The SMILES string of the molecule is CCC(C)(C)C(=O)O.CCC1C(C)C=CC2=C[C@H](C)CCC21.O=C1CC(O)CCO1. The molecular formula is C25H42O5. The van der Waals surface area contributed by atoms with Gasteiger partial charge in [0.15, 0.2) is 0 Å². The van der Waals surface area contributed by atoms with Gasteiger partial charge in [0, 0.05) is 6.42 Å². The molecule has 0 radical (unpaired) electrons. The van der Waals surface area contributed by atoms with Crippen molar-refractivity contribution in [2.75, 3.05) is 6.61 Å². The molecular weight excluding hydrogens is 380 g/mol. The Kier molecular flexibility index (Phi) is 10.8. The van der Waals surface area contributed by atoms with Gasteiger partial charge >= 0.3 is 11.9 Å². The quantitative estimate of drug-likeness (QED) is 0.596. The van der Waals surface area contributed by atoms with Crippen LogP contribution in [0, 0.1) is 29.1 Å². The lowest BCUT2D eigenvalue weighted by Crippen LogP contribution is -2.27. The molecule has 0 aromatic heterocycles. The molecule has 3 aliphatic rings. The first-order valence-electron chi connectivity index (χ1n) is 11.5. The summed E-state index contributed by atoms with van der Waals surface area (Å²) in [7, 11) is 0. The molecule has 172 valence electrons. The van der Waals surface area contributed by atoms with Crippen LogP contribution in [0.3, 0.4) is 0 Å². The number of cyclic esters (lactones) is 1. The number of allylic oxidation sites excluding steroid dienone is 4. The van der Waals surface area contributed by atoms with Crippen LogP contribution >= 0.6 is 0 Å². The number of fused-ring (bicyclic) bond motifs is 1. The lowest BCUT2D eigenvalue weighted by atomic mass is 9.67. The minimum absolute atomic E-state index is 0.167. The van der Waals surface area contributed by atoms with Gasteiger partial charge in [-0.25, -0.2) is 0 Å². The van der Waals surface area contributed by atoms with Gasteiger partial charge < -0.3 is 14.9 Å². The number of hydrogen-bond donors (Lipinski definition) is 2. The van der Waals surface area contributed by atoms with E-state index in [1.54, 1.807) is 19.4 Å². The van der Waals surface area contributed by atoms with Crippen molar-refractivity contribution in [1.29, 1.82) is 0 Å². The lowest BCUT2D eigenvalue weighted by Gasteiger charge is -2.38. The van der Waals surface area contributed by atoms with E-state index in [2.05, 4.69) is 43.7 Å². The predicted octanol–water partition coefficient (Wildman–Crippen LogP) is 5.38. The van der Waals surface area contributed by atoms with Crippen molar-refractivity contribution in [1.82, 2.24) is 0 Å². The number of aliphatic carboxylic acids is 1. The number of ether oxygens (including phenoxy) is 1. The van der Waals surface area contributed by atoms with Gasteiger partial charge in [-0.05, 0) is 62.4 Å². The fourth-order valence-electron chi connectivity index (χ4n) is 4.03. The van der Waals surface area contributed by atoms with Gasteiger partial charge in [0.05, 0.1) is 24.5 Å². The van der Waals surface area contributed by atoms with Crippen LogP contribution < -0.4 is 0 Å². The molecule has 0 aromatic rings. The maximum Gasteiger partial charge on any atom is 0.309 e. The molecule has 0 bridgehead atoms. The van der Waals surface area contributed by atoms with Crippen LogP contribution in [0.2, 0.25) is 0 Å². The van der Waals surface area contributed by atoms with Crippen molar-refractivity contribution in [3.05, 3.63) is 23.8 Å². The molecule has 1 heterocycles. The molecule has 4 unspecified atom stereocenters. The van der Waals surface area contributed by atoms with Gasteiger partial charge in [-0.2, -0.15) is 0 Å². The summed E-state index contributed by atoms with van der Waals surface area (Å²) in [4.78, 5) is 20.5. The number of carboxylic acids is 1. The van der Waals surface area contributed by atoms with E-state index in [4.69, 9.17) is 10.2 Å². The van der Waals surface area contributed by atoms with Crippen molar-refractivity contribution >= 4 is 11.9 Å². The van der Waals surface area contributed by atoms with E-state index in [9.17, 15) is 9.59 Å². The number of hydrogen-bond acceptors (Lipinski definition) is 4. The first kappa shape index (κ1) is 26.4. The second-order valence-corrected chi connectivity index (χ2v) is 9.53. The van der Waals surface area contributed by atoms with E-state index >= 15 is 0 Å². The second kappa shape index (κ2) is 12.3. The van der Waals surface area contributed by atoms with E-state index < -0.39 is 17.5 Å². The fourth-order valence-corrected chi connectivity index (χ4v) is 4.03. The van der Waals surface area contributed by atoms with Crippen LogP contribution in [0.25, 0.3) is 0 Å². The number of rotatable bonds is 3. The van der Waals surface area contributed by atoms with Gasteiger partial charge in [-0.15, -0.1) is 0 Å². The average molecular weight is 423 g/mol. The normalized spacial score (nSPS) is 30.4. The number of carboxylic acid groups (broad SMARTS) is 1. The largest absolute Gasteiger partial charge is 0.481 e. The standard InChI is InChI=1S/C14H22.C6H12O2.C5H8O3/c1-4-13-11(3)6-7-12-9-10(2)5-8-14(12)13;1-4-6(2,3)5(7)8;6-4-1-2-8-5(7)3-4/h6-7,9-11,13-14H,4-5,8H2,1-3H3;4H2,1-3H3,(H,7,8);4,6H,1-3H2/t10-,11?,13?,14?;;/m1../s1. The van der Waals surface area contributed by atoms with Crippen LogP contribution in [0.1, 0.15) is 80.1 Å². The number of carbonyl (C=O) groups is 2. The number of esters is 1. The molecule has 0 amide bonds. The molecule has 0 aromatic carbocycles. The smallest absolute Gasteiger partial charge is 0.309 e. The zero-order valence-corrected chi connectivity index (χ0v) is 19.7. The van der Waals surface area contributed by atoms with Gasteiger partial charge in [-0.3, -0.25) is 9.59 Å². The van der Waals surface area contributed by atoms with Crippen LogP contribution in [0.5, 0.6) is 0 Å². The molecule has 1 aliphatic heterocycles. The Morgan fingerprint density at radius 2 is 1.87 bits per heavy atom. The fraction of sp³-hybridized carbons (Fsp3) is 0.760. The number of carbonyl (C=O) groups excluding carboxylic acids is 1. The van der Waals surface area contributed by atoms with Crippen molar-refractivity contribution in [3.63, 3.8) is 0 Å². The first-order chi connectivity index (χ1) is 14.0. The summed E-state index contributed by atoms with van der Waals surface area (Å²) in [5, 5.41) is 17.2. The summed E-state index contributed by atoms with van der Waals surface area (Å²) >= 11 is 0. The Morgan fingerprint density at radius 1 is 1.20 bits per heavy atom. The second-order valence-electron chi connectivity index (χ2n) is 9.53. The van der Waals surface area contributed by atoms with Crippen LogP contribution in [-0.2, 0) is 14.3 Å². The third-order valence-electron chi connectivity index (χ3n) is 6.67. The van der Waals surface area contributed by atoms with Crippen molar-refractivity contribution in [2.24, 2.45) is 29.1 Å². The van der Waals surface area contributed by atoms with Crippen molar-refractivity contribution < 1.29 is 24.5 Å². The third-order valence-corrected chi connectivity index (χ3v) is 6.67. The summed E-state index contributed by atoms with van der Waals surface area (Å²) in [6.45, 7) is 12.7. The maximum atomic E-state index is 10.3. The highest BCUT2D eigenvalue weighted by Gasteiger charge is 2.31. The van der Waals surface area contributed by atoms with E-state index in [0.29, 0.717) is 19.4 Å². The molecule has 5 nitrogen and oxygen atoms in total. The summed E-state index contributed by atoms with van der Waals surface area (Å²) in [5.41, 5.74) is 1.09. The third kappa shape index (κ3) is 8.25. The summed E-state index contributed by atoms with van der Waals surface area (Å²) in [6.07, 6.45) is 12.4. The molecule has 2 N–H and O–H groups in total. The van der Waals surface area contributed by atoms with Crippen LogP contribution in [0.4, 0.5) is 0 Å². The zero-order valence-electron chi connectivity index (χ0n) is 19.7. The van der Waals surface area contributed by atoms with Gasteiger partial charge in [0.2, 0.25) is 0 Å². The molecule has 0 spiro atoms. The monoisotopic (exact) mass is 422 g/mol. The Morgan fingerprint density at radius 3 is 2.30 bits per heavy atom. The maximum absolute atomic E-state index is 10.3. The summed E-state index contributed by atoms with van der Waals surface area (Å²) in [5.74, 6) is 2.35.